The van der Waals surface area contributed by atoms with Crippen LogP contribution in [0.1, 0.15) is 11.5 Å². The van der Waals surface area contributed by atoms with Crippen molar-refractivity contribution in [2.75, 3.05) is 7.11 Å². The molecule has 0 saturated heterocycles. The van der Waals surface area contributed by atoms with Crippen LogP contribution >= 0.6 is 0 Å². The standard InChI is InChI=1S/C8H10N4O2/c1-13-4-8-2-7(11-14-8)3-12-6-9-5-10-12/h2,5-6H,3-4H2,1H3. The largest absolute Gasteiger partial charge is 0.377 e. The van der Waals surface area contributed by atoms with Crippen LogP contribution in [0.15, 0.2) is 23.2 Å². The highest BCUT2D eigenvalue weighted by Crippen LogP contribution is 2.05. The molecule has 0 saturated carbocycles. The Labute approximate surface area is 80.5 Å². The van der Waals surface area contributed by atoms with Gasteiger partial charge in [0.25, 0.3) is 0 Å². The van der Waals surface area contributed by atoms with Gasteiger partial charge in [0.15, 0.2) is 5.76 Å². The van der Waals surface area contributed by atoms with Gasteiger partial charge in [-0.05, 0) is 0 Å². The molecule has 0 spiro atoms. The molecule has 0 aliphatic heterocycles. The summed E-state index contributed by atoms with van der Waals surface area (Å²) in [5, 5.41) is 7.83. The van der Waals surface area contributed by atoms with E-state index in [9.17, 15) is 0 Å². The molecule has 0 radical (unpaired) electrons. The van der Waals surface area contributed by atoms with Crippen LogP contribution in [-0.2, 0) is 17.9 Å². The molecule has 14 heavy (non-hydrogen) atoms. The number of hydrogen-bond acceptors (Lipinski definition) is 5. The van der Waals surface area contributed by atoms with Gasteiger partial charge in [-0.25, -0.2) is 9.67 Å². The molecule has 0 bridgehead atoms. The molecule has 0 aliphatic rings. The molecular formula is C8H10N4O2. The monoisotopic (exact) mass is 194 g/mol. The van der Waals surface area contributed by atoms with E-state index in [1.165, 1.54) is 6.33 Å². The van der Waals surface area contributed by atoms with Gasteiger partial charge >= 0.3 is 0 Å². The molecule has 0 N–H and O–H groups in total. The fourth-order valence-electron chi connectivity index (χ4n) is 1.12. The zero-order chi connectivity index (χ0) is 9.80. The normalized spacial score (nSPS) is 10.6. The van der Waals surface area contributed by atoms with Crippen molar-refractivity contribution in [3.05, 3.63) is 30.2 Å². The topological polar surface area (TPSA) is 66.0 Å². The SMILES string of the molecule is COCc1cc(Cn2cncn2)no1. The first-order valence-corrected chi connectivity index (χ1v) is 4.14. The Morgan fingerprint density at radius 1 is 1.57 bits per heavy atom. The zero-order valence-corrected chi connectivity index (χ0v) is 7.75. The molecule has 0 atom stereocenters. The summed E-state index contributed by atoms with van der Waals surface area (Å²) in [5.74, 6) is 0.711. The van der Waals surface area contributed by atoms with Crippen molar-refractivity contribution in [2.24, 2.45) is 0 Å². The van der Waals surface area contributed by atoms with Crippen molar-refractivity contribution in [1.29, 1.82) is 0 Å². The van der Waals surface area contributed by atoms with Gasteiger partial charge < -0.3 is 9.26 Å². The smallest absolute Gasteiger partial charge is 0.162 e. The average molecular weight is 194 g/mol. The predicted molar refractivity (Wildman–Crippen MR) is 46.3 cm³/mol. The van der Waals surface area contributed by atoms with E-state index in [-0.39, 0.29) is 0 Å². The van der Waals surface area contributed by atoms with Crippen LogP contribution in [0.3, 0.4) is 0 Å². The molecular weight excluding hydrogens is 184 g/mol. The minimum Gasteiger partial charge on any atom is -0.377 e. The molecule has 2 aromatic rings. The van der Waals surface area contributed by atoms with E-state index in [4.69, 9.17) is 9.26 Å². The summed E-state index contributed by atoms with van der Waals surface area (Å²) < 4.78 is 11.6. The van der Waals surface area contributed by atoms with E-state index in [0.717, 1.165) is 5.69 Å². The van der Waals surface area contributed by atoms with Gasteiger partial charge in [-0.1, -0.05) is 5.16 Å². The summed E-state index contributed by atoms with van der Waals surface area (Å²) in [5.41, 5.74) is 0.808. The van der Waals surface area contributed by atoms with Crippen LogP contribution in [0.5, 0.6) is 0 Å². The average Bonchev–Trinajstić information content (AvgIpc) is 2.79. The van der Waals surface area contributed by atoms with Gasteiger partial charge in [0, 0.05) is 13.2 Å². The minimum atomic E-state index is 0.435. The van der Waals surface area contributed by atoms with Crippen LogP contribution in [-0.4, -0.2) is 27.0 Å². The van der Waals surface area contributed by atoms with Gasteiger partial charge in [0.05, 0.1) is 6.54 Å². The Morgan fingerprint density at radius 2 is 2.50 bits per heavy atom. The minimum absolute atomic E-state index is 0.435. The van der Waals surface area contributed by atoms with Crippen molar-refractivity contribution in [3.8, 4) is 0 Å². The van der Waals surface area contributed by atoms with E-state index < -0.39 is 0 Å². The fourth-order valence-corrected chi connectivity index (χ4v) is 1.12. The van der Waals surface area contributed by atoms with Crippen LogP contribution in [0.4, 0.5) is 0 Å². The molecule has 0 amide bonds. The first kappa shape index (κ1) is 8.89. The van der Waals surface area contributed by atoms with Crippen molar-refractivity contribution < 1.29 is 9.26 Å². The Bertz CT molecular complexity index is 382. The summed E-state index contributed by atoms with van der Waals surface area (Å²) in [4.78, 5) is 3.83. The molecule has 0 aliphatic carbocycles. The summed E-state index contributed by atoms with van der Waals surface area (Å²) >= 11 is 0. The van der Waals surface area contributed by atoms with E-state index >= 15 is 0 Å². The third-order valence-corrected chi connectivity index (χ3v) is 1.68. The third-order valence-electron chi connectivity index (χ3n) is 1.68. The molecule has 2 aromatic heterocycles. The van der Waals surface area contributed by atoms with Gasteiger partial charge in [0.2, 0.25) is 0 Å². The van der Waals surface area contributed by atoms with Crippen molar-refractivity contribution in [1.82, 2.24) is 19.9 Å². The summed E-state index contributed by atoms with van der Waals surface area (Å²) in [6.45, 7) is 0.998. The molecule has 2 heterocycles. The predicted octanol–water partition coefficient (Wildman–Crippen LogP) is 0.461. The summed E-state index contributed by atoms with van der Waals surface area (Å²) in [6.07, 6.45) is 3.11. The lowest BCUT2D eigenvalue weighted by molar-refractivity contribution is 0.155. The zero-order valence-electron chi connectivity index (χ0n) is 7.75. The Morgan fingerprint density at radius 3 is 3.21 bits per heavy atom. The second-order valence-corrected chi connectivity index (χ2v) is 2.81. The lowest BCUT2D eigenvalue weighted by Gasteiger charge is -1.92. The molecule has 74 valence electrons. The van der Waals surface area contributed by atoms with E-state index in [1.807, 2.05) is 6.07 Å². The van der Waals surface area contributed by atoms with Crippen molar-refractivity contribution >= 4 is 0 Å². The lowest BCUT2D eigenvalue weighted by Crippen LogP contribution is -1.99. The van der Waals surface area contributed by atoms with Gasteiger partial charge in [-0.3, -0.25) is 0 Å². The molecule has 6 nitrogen and oxygen atoms in total. The Balaban J connectivity index is 2.03. The number of ether oxygens (including phenoxy) is 1. The van der Waals surface area contributed by atoms with Crippen molar-refractivity contribution in [2.45, 2.75) is 13.2 Å². The lowest BCUT2D eigenvalue weighted by atomic mass is 10.4. The Kier molecular flexibility index (Phi) is 2.55. The number of hydrogen-bond donors (Lipinski definition) is 0. The van der Waals surface area contributed by atoms with E-state index in [0.29, 0.717) is 18.9 Å². The Hall–Kier alpha value is -1.69. The molecule has 0 aromatic carbocycles. The van der Waals surface area contributed by atoms with Crippen LogP contribution in [0.2, 0.25) is 0 Å². The van der Waals surface area contributed by atoms with Crippen LogP contribution < -0.4 is 0 Å². The van der Waals surface area contributed by atoms with Gasteiger partial charge in [0.1, 0.15) is 25.0 Å². The molecule has 2 rings (SSSR count). The first-order valence-electron chi connectivity index (χ1n) is 4.14. The summed E-state index contributed by atoms with van der Waals surface area (Å²) in [6, 6.07) is 1.84. The highest BCUT2D eigenvalue weighted by Gasteiger charge is 2.04. The summed E-state index contributed by atoms with van der Waals surface area (Å²) in [7, 11) is 1.61. The van der Waals surface area contributed by atoms with Crippen LogP contribution in [0, 0.1) is 0 Å². The first-order chi connectivity index (χ1) is 6.88. The number of aromatic nitrogens is 4. The van der Waals surface area contributed by atoms with Gasteiger partial charge in [-0.15, -0.1) is 0 Å². The maximum absolute atomic E-state index is 5.02. The highest BCUT2D eigenvalue weighted by atomic mass is 16.5. The maximum atomic E-state index is 5.02. The van der Waals surface area contributed by atoms with E-state index in [2.05, 4.69) is 15.2 Å². The third kappa shape index (κ3) is 1.97. The van der Waals surface area contributed by atoms with Crippen LogP contribution in [0.25, 0.3) is 0 Å². The molecule has 0 unspecified atom stereocenters. The quantitative estimate of drug-likeness (QED) is 0.707. The van der Waals surface area contributed by atoms with Gasteiger partial charge in [-0.2, -0.15) is 5.10 Å². The van der Waals surface area contributed by atoms with Crippen molar-refractivity contribution in [3.63, 3.8) is 0 Å². The second kappa shape index (κ2) is 4.01. The maximum Gasteiger partial charge on any atom is 0.162 e. The second-order valence-electron chi connectivity index (χ2n) is 2.81. The number of nitrogens with zero attached hydrogens (tertiary/aromatic N) is 4. The molecule has 6 heteroatoms. The van der Waals surface area contributed by atoms with E-state index in [1.54, 1.807) is 18.1 Å². The highest BCUT2D eigenvalue weighted by molar-refractivity contribution is 5.04. The number of methoxy groups -OCH3 is 1. The number of rotatable bonds is 4. The fraction of sp³-hybridized carbons (Fsp3) is 0.375. The molecule has 0 fully saturated rings.